The molecule has 0 heterocycles. The van der Waals surface area contributed by atoms with Crippen LogP contribution in [0.2, 0.25) is 0 Å². The standard InChI is InChI=1S/C11H26NOP.C2H6/c1-6-8-9-10-13-14(5)12(7-2)11(3)4;1-2/h11H,6-10H2,1-5H3;1-2H3. The fourth-order valence-corrected chi connectivity index (χ4v) is 3.10. The molecule has 0 radical (unpaired) electrons. The lowest BCUT2D eigenvalue weighted by Gasteiger charge is -2.30. The number of unbranched alkanes of at least 4 members (excludes halogenated alkanes) is 2. The lowest BCUT2D eigenvalue weighted by atomic mass is 10.3. The van der Waals surface area contributed by atoms with Crippen LogP contribution in [0.1, 0.15) is 60.8 Å². The van der Waals surface area contributed by atoms with Gasteiger partial charge in [0.05, 0.1) is 6.61 Å². The Labute approximate surface area is 105 Å². The topological polar surface area (TPSA) is 12.5 Å². The summed E-state index contributed by atoms with van der Waals surface area (Å²) in [6, 6.07) is 0.599. The van der Waals surface area contributed by atoms with E-state index in [1.54, 1.807) is 0 Å². The summed E-state index contributed by atoms with van der Waals surface area (Å²) in [5.41, 5.74) is 0. The van der Waals surface area contributed by atoms with Crippen molar-refractivity contribution in [1.29, 1.82) is 0 Å². The summed E-state index contributed by atoms with van der Waals surface area (Å²) in [6.45, 7) is 17.1. The van der Waals surface area contributed by atoms with Crippen molar-refractivity contribution < 1.29 is 4.52 Å². The van der Waals surface area contributed by atoms with E-state index < -0.39 is 0 Å². The van der Waals surface area contributed by atoms with E-state index in [1.165, 1.54) is 19.3 Å². The summed E-state index contributed by atoms with van der Waals surface area (Å²) < 4.78 is 8.28. The molecule has 16 heavy (non-hydrogen) atoms. The van der Waals surface area contributed by atoms with E-state index in [-0.39, 0.29) is 8.30 Å². The van der Waals surface area contributed by atoms with E-state index in [2.05, 4.69) is 39.0 Å². The fraction of sp³-hybridized carbons (Fsp3) is 1.00. The van der Waals surface area contributed by atoms with Gasteiger partial charge < -0.3 is 4.52 Å². The van der Waals surface area contributed by atoms with Crippen molar-refractivity contribution in [3.8, 4) is 0 Å². The maximum atomic E-state index is 5.85. The predicted molar refractivity (Wildman–Crippen MR) is 77.2 cm³/mol. The molecule has 0 saturated carbocycles. The molecular weight excluding hydrogens is 217 g/mol. The zero-order chi connectivity index (χ0) is 13.0. The molecule has 3 heteroatoms. The predicted octanol–water partition coefficient (Wildman–Crippen LogP) is 4.89. The van der Waals surface area contributed by atoms with Gasteiger partial charge in [0.1, 0.15) is 8.30 Å². The Hall–Kier alpha value is 0.350. The lowest BCUT2D eigenvalue weighted by Crippen LogP contribution is -2.26. The van der Waals surface area contributed by atoms with E-state index in [1.807, 2.05) is 13.8 Å². The van der Waals surface area contributed by atoms with E-state index in [9.17, 15) is 0 Å². The lowest BCUT2D eigenvalue weighted by molar-refractivity contribution is 0.284. The SMILES string of the molecule is CC.CCCCCOP(C)N(CC)C(C)C. The van der Waals surface area contributed by atoms with Gasteiger partial charge in [-0.05, 0) is 26.9 Å². The van der Waals surface area contributed by atoms with Gasteiger partial charge in [0.15, 0.2) is 0 Å². The van der Waals surface area contributed by atoms with Crippen LogP contribution in [0.4, 0.5) is 0 Å². The zero-order valence-corrected chi connectivity index (χ0v) is 13.3. The molecule has 1 atom stereocenters. The van der Waals surface area contributed by atoms with Crippen molar-refractivity contribution in [3.63, 3.8) is 0 Å². The van der Waals surface area contributed by atoms with Crippen LogP contribution >= 0.6 is 8.30 Å². The molecule has 0 spiro atoms. The molecule has 0 aliphatic carbocycles. The Morgan fingerprint density at radius 2 is 1.69 bits per heavy atom. The van der Waals surface area contributed by atoms with Crippen molar-refractivity contribution in [2.45, 2.75) is 66.8 Å². The molecule has 1 unspecified atom stereocenters. The third-order valence-corrected chi connectivity index (χ3v) is 4.33. The molecule has 0 aromatic carbocycles. The van der Waals surface area contributed by atoms with Crippen molar-refractivity contribution in [3.05, 3.63) is 0 Å². The molecule has 0 rings (SSSR count). The third-order valence-electron chi connectivity index (χ3n) is 2.31. The monoisotopic (exact) mass is 249 g/mol. The average molecular weight is 249 g/mol. The van der Waals surface area contributed by atoms with Gasteiger partial charge in [0.25, 0.3) is 0 Å². The van der Waals surface area contributed by atoms with E-state index in [4.69, 9.17) is 4.52 Å². The molecule has 0 aromatic rings. The van der Waals surface area contributed by atoms with Crippen LogP contribution in [0.5, 0.6) is 0 Å². The molecule has 0 bridgehead atoms. The first kappa shape index (κ1) is 18.7. The minimum Gasteiger partial charge on any atom is -0.344 e. The number of rotatable bonds is 8. The smallest absolute Gasteiger partial charge is 0.101 e. The van der Waals surface area contributed by atoms with E-state index >= 15 is 0 Å². The summed E-state index contributed by atoms with van der Waals surface area (Å²) >= 11 is 0. The summed E-state index contributed by atoms with van der Waals surface area (Å²) in [7, 11) is -0.367. The second-order valence-corrected chi connectivity index (χ2v) is 5.55. The highest BCUT2D eigenvalue weighted by Gasteiger charge is 2.15. The number of nitrogens with zero attached hydrogens (tertiary/aromatic N) is 1. The maximum Gasteiger partial charge on any atom is 0.101 e. The van der Waals surface area contributed by atoms with Crippen molar-refractivity contribution in [2.24, 2.45) is 0 Å². The van der Waals surface area contributed by atoms with Gasteiger partial charge in [-0.2, -0.15) is 0 Å². The van der Waals surface area contributed by atoms with E-state index in [0.29, 0.717) is 6.04 Å². The molecule has 2 nitrogen and oxygen atoms in total. The van der Waals surface area contributed by atoms with Gasteiger partial charge in [0, 0.05) is 12.6 Å². The molecule has 0 saturated heterocycles. The van der Waals surface area contributed by atoms with Crippen molar-refractivity contribution in [2.75, 3.05) is 19.8 Å². The van der Waals surface area contributed by atoms with E-state index in [0.717, 1.165) is 13.2 Å². The van der Waals surface area contributed by atoms with Crippen LogP contribution in [0.25, 0.3) is 0 Å². The largest absolute Gasteiger partial charge is 0.344 e. The van der Waals surface area contributed by atoms with Crippen molar-refractivity contribution >= 4 is 8.30 Å². The molecule has 0 aliphatic rings. The molecule has 100 valence electrons. The first-order valence-corrected chi connectivity index (χ1v) is 8.42. The quantitative estimate of drug-likeness (QED) is 0.448. The Bertz CT molecular complexity index is 131. The first-order chi connectivity index (χ1) is 7.63. The van der Waals surface area contributed by atoms with Gasteiger partial charge in [0.2, 0.25) is 0 Å². The molecule has 0 aliphatic heterocycles. The zero-order valence-electron chi connectivity index (χ0n) is 12.4. The van der Waals surface area contributed by atoms with Crippen LogP contribution < -0.4 is 0 Å². The highest BCUT2D eigenvalue weighted by molar-refractivity contribution is 7.49. The second-order valence-electron chi connectivity index (χ2n) is 3.85. The summed E-state index contributed by atoms with van der Waals surface area (Å²) in [5, 5.41) is 0. The number of hydrogen-bond donors (Lipinski definition) is 0. The highest BCUT2D eigenvalue weighted by atomic mass is 31.2. The molecular formula is C13H32NOP. The minimum absolute atomic E-state index is 0.367. The van der Waals surface area contributed by atoms with Gasteiger partial charge in [-0.3, -0.25) is 4.67 Å². The van der Waals surface area contributed by atoms with Gasteiger partial charge in [-0.1, -0.05) is 40.5 Å². The molecule has 0 N–H and O–H groups in total. The summed E-state index contributed by atoms with van der Waals surface area (Å²) in [4.78, 5) is 0. The molecule has 0 aromatic heterocycles. The molecule has 0 fully saturated rings. The third kappa shape index (κ3) is 9.57. The minimum atomic E-state index is -0.367. The van der Waals surface area contributed by atoms with Crippen LogP contribution in [0.3, 0.4) is 0 Å². The first-order valence-electron chi connectivity index (χ1n) is 6.76. The second kappa shape index (κ2) is 13.4. The average Bonchev–Trinajstić information content (AvgIpc) is 2.27. The maximum absolute atomic E-state index is 5.85. The van der Waals surface area contributed by atoms with Gasteiger partial charge >= 0.3 is 0 Å². The summed E-state index contributed by atoms with van der Waals surface area (Å²) in [6.07, 6.45) is 3.77. The van der Waals surface area contributed by atoms with Gasteiger partial charge in [-0.15, -0.1) is 0 Å². The summed E-state index contributed by atoms with van der Waals surface area (Å²) in [5.74, 6) is 0. The normalized spacial score (nSPS) is 12.6. The fourth-order valence-electron chi connectivity index (χ4n) is 1.51. The van der Waals surface area contributed by atoms with Crippen molar-refractivity contribution in [1.82, 2.24) is 4.67 Å². The van der Waals surface area contributed by atoms with Gasteiger partial charge in [-0.25, -0.2) is 0 Å². The van der Waals surface area contributed by atoms with Crippen LogP contribution in [0, 0.1) is 0 Å². The Morgan fingerprint density at radius 3 is 2.06 bits per heavy atom. The van der Waals surface area contributed by atoms with Crippen LogP contribution in [-0.2, 0) is 4.52 Å². The number of hydrogen-bond acceptors (Lipinski definition) is 2. The Morgan fingerprint density at radius 1 is 1.12 bits per heavy atom. The van der Waals surface area contributed by atoms with Crippen LogP contribution in [-0.4, -0.2) is 30.5 Å². The highest BCUT2D eigenvalue weighted by Crippen LogP contribution is 2.38. The van der Waals surface area contributed by atoms with Crippen LogP contribution in [0.15, 0.2) is 0 Å². The molecule has 0 amide bonds. The Balaban J connectivity index is 0. The Kier molecular flexibility index (Phi) is 15.7.